The molecule has 1 amide bonds. The van der Waals surface area contributed by atoms with Crippen molar-refractivity contribution < 1.29 is 9.18 Å². The largest absolute Gasteiger partial charge is 0.353 e. The van der Waals surface area contributed by atoms with E-state index in [-0.39, 0.29) is 17.8 Å². The molecule has 0 aliphatic heterocycles. The molecule has 0 radical (unpaired) electrons. The Morgan fingerprint density at radius 2 is 2.35 bits per heavy atom. The van der Waals surface area contributed by atoms with Crippen molar-refractivity contribution in [1.82, 2.24) is 5.32 Å². The average Bonchev–Trinajstić information content (AvgIpc) is 3.05. The molecule has 1 N–H and O–H groups in total. The first-order chi connectivity index (χ1) is 8.20. The minimum absolute atomic E-state index is 0.121. The molecule has 2 atom stereocenters. The summed E-state index contributed by atoms with van der Waals surface area (Å²) in [5, 5.41) is 3.00. The van der Waals surface area contributed by atoms with E-state index in [0.717, 1.165) is 24.8 Å². The molecule has 17 heavy (non-hydrogen) atoms. The minimum Gasteiger partial charge on any atom is -0.353 e. The van der Waals surface area contributed by atoms with E-state index < -0.39 is 0 Å². The lowest BCUT2D eigenvalue weighted by molar-refractivity contribution is -0.121. The fourth-order valence-electron chi connectivity index (χ4n) is 2.08. The smallest absolute Gasteiger partial charge is 0.220 e. The number of carbonyl (C=O) groups excluding carboxylic acids is 1. The van der Waals surface area contributed by atoms with Crippen molar-refractivity contribution in [1.29, 1.82) is 0 Å². The zero-order chi connectivity index (χ0) is 12.3. The monoisotopic (exact) mass is 235 g/mol. The fourth-order valence-corrected chi connectivity index (χ4v) is 2.08. The molecule has 0 aromatic heterocycles. The van der Waals surface area contributed by atoms with E-state index >= 15 is 0 Å². The van der Waals surface area contributed by atoms with E-state index in [9.17, 15) is 9.18 Å². The predicted molar refractivity (Wildman–Crippen MR) is 65.2 cm³/mol. The fraction of sp³-hybridized carbons (Fsp3) is 0.500. The Balaban J connectivity index is 1.82. The molecule has 0 unspecified atom stereocenters. The highest BCUT2D eigenvalue weighted by Crippen LogP contribution is 2.40. The molecule has 0 bridgehead atoms. The molecule has 3 heteroatoms. The Labute approximate surface area is 101 Å². The van der Waals surface area contributed by atoms with Crippen LogP contribution in [0, 0.1) is 5.82 Å². The third kappa shape index (κ3) is 3.29. The van der Waals surface area contributed by atoms with Gasteiger partial charge in [-0.05, 0) is 30.5 Å². The summed E-state index contributed by atoms with van der Waals surface area (Å²) in [7, 11) is 0. The Kier molecular flexibility index (Phi) is 3.77. The SMILES string of the molecule is CCCCC(=O)N[C@@H]1C[C@H]1c1cccc(F)c1. The van der Waals surface area contributed by atoms with Crippen LogP contribution in [0.5, 0.6) is 0 Å². The molecule has 1 aliphatic carbocycles. The molecule has 92 valence electrons. The molecule has 0 saturated heterocycles. The van der Waals surface area contributed by atoms with E-state index in [1.807, 2.05) is 6.07 Å². The van der Waals surface area contributed by atoms with Gasteiger partial charge >= 0.3 is 0 Å². The minimum atomic E-state index is -0.203. The molecule has 2 rings (SSSR count). The van der Waals surface area contributed by atoms with Gasteiger partial charge in [-0.15, -0.1) is 0 Å². The lowest BCUT2D eigenvalue weighted by Gasteiger charge is -2.04. The number of amides is 1. The van der Waals surface area contributed by atoms with Gasteiger partial charge in [-0.25, -0.2) is 4.39 Å². The second-order valence-electron chi connectivity index (χ2n) is 4.67. The number of hydrogen-bond acceptors (Lipinski definition) is 1. The Morgan fingerprint density at radius 3 is 3.06 bits per heavy atom. The van der Waals surface area contributed by atoms with Crippen LogP contribution < -0.4 is 5.32 Å². The molecule has 1 saturated carbocycles. The van der Waals surface area contributed by atoms with Crippen LogP contribution >= 0.6 is 0 Å². The van der Waals surface area contributed by atoms with Crippen molar-refractivity contribution >= 4 is 5.91 Å². The number of halogens is 1. The number of unbranched alkanes of at least 4 members (excludes halogenated alkanes) is 1. The zero-order valence-corrected chi connectivity index (χ0v) is 10.1. The third-order valence-corrected chi connectivity index (χ3v) is 3.17. The van der Waals surface area contributed by atoms with Gasteiger partial charge in [0.1, 0.15) is 5.82 Å². The standard InChI is InChI=1S/C14H18FNO/c1-2-3-7-14(17)16-13-9-12(13)10-5-4-6-11(15)8-10/h4-6,8,12-13H,2-3,7,9H2,1H3,(H,16,17)/t12-,13+/m0/s1. The van der Waals surface area contributed by atoms with Crippen LogP contribution in [0.2, 0.25) is 0 Å². The van der Waals surface area contributed by atoms with Gasteiger partial charge in [0.15, 0.2) is 0 Å². The van der Waals surface area contributed by atoms with Crippen molar-refractivity contribution in [3.05, 3.63) is 35.6 Å². The second-order valence-corrected chi connectivity index (χ2v) is 4.67. The van der Waals surface area contributed by atoms with Crippen LogP contribution in [-0.2, 0) is 4.79 Å². The Morgan fingerprint density at radius 1 is 1.53 bits per heavy atom. The number of benzene rings is 1. The van der Waals surface area contributed by atoms with E-state index in [0.29, 0.717) is 12.3 Å². The van der Waals surface area contributed by atoms with Crippen LogP contribution in [0.3, 0.4) is 0 Å². The first kappa shape index (κ1) is 12.1. The van der Waals surface area contributed by atoms with Crippen LogP contribution in [0.15, 0.2) is 24.3 Å². The number of hydrogen-bond donors (Lipinski definition) is 1. The zero-order valence-electron chi connectivity index (χ0n) is 10.1. The summed E-state index contributed by atoms with van der Waals surface area (Å²) in [5.74, 6) is 0.220. The Hall–Kier alpha value is -1.38. The highest BCUT2D eigenvalue weighted by molar-refractivity contribution is 5.76. The topological polar surface area (TPSA) is 29.1 Å². The van der Waals surface area contributed by atoms with Gasteiger partial charge in [-0.2, -0.15) is 0 Å². The van der Waals surface area contributed by atoms with Gasteiger partial charge in [0.05, 0.1) is 0 Å². The number of rotatable bonds is 5. The molecule has 2 nitrogen and oxygen atoms in total. The van der Waals surface area contributed by atoms with Crippen molar-refractivity contribution in [2.24, 2.45) is 0 Å². The number of carbonyl (C=O) groups is 1. The van der Waals surface area contributed by atoms with Crippen LogP contribution in [-0.4, -0.2) is 11.9 Å². The van der Waals surface area contributed by atoms with Gasteiger partial charge in [0.25, 0.3) is 0 Å². The van der Waals surface area contributed by atoms with E-state index in [1.54, 1.807) is 12.1 Å². The first-order valence-corrected chi connectivity index (χ1v) is 6.25. The molecule has 1 fully saturated rings. The van der Waals surface area contributed by atoms with Gasteiger partial charge in [-0.3, -0.25) is 4.79 Å². The maximum atomic E-state index is 13.0. The summed E-state index contributed by atoms with van der Waals surface area (Å²) >= 11 is 0. The van der Waals surface area contributed by atoms with Crippen molar-refractivity contribution in [3.63, 3.8) is 0 Å². The summed E-state index contributed by atoms with van der Waals surface area (Å²) in [6, 6.07) is 6.86. The third-order valence-electron chi connectivity index (χ3n) is 3.17. The van der Waals surface area contributed by atoms with Crippen molar-refractivity contribution in [3.8, 4) is 0 Å². The molecular weight excluding hydrogens is 217 g/mol. The lowest BCUT2D eigenvalue weighted by atomic mass is 10.1. The molecule has 1 aromatic rings. The van der Waals surface area contributed by atoms with Gasteiger partial charge in [0, 0.05) is 18.4 Å². The summed E-state index contributed by atoms with van der Waals surface area (Å²) in [5.41, 5.74) is 0.991. The first-order valence-electron chi connectivity index (χ1n) is 6.25. The van der Waals surface area contributed by atoms with Crippen molar-refractivity contribution in [2.45, 2.75) is 44.6 Å². The summed E-state index contributed by atoms with van der Waals surface area (Å²) in [6.45, 7) is 2.07. The van der Waals surface area contributed by atoms with E-state index in [4.69, 9.17) is 0 Å². The maximum Gasteiger partial charge on any atom is 0.220 e. The average molecular weight is 235 g/mol. The van der Waals surface area contributed by atoms with E-state index in [2.05, 4.69) is 12.2 Å². The van der Waals surface area contributed by atoms with Crippen LogP contribution in [0.25, 0.3) is 0 Å². The predicted octanol–water partition coefficient (Wildman–Crippen LogP) is 2.99. The highest BCUT2D eigenvalue weighted by Gasteiger charge is 2.39. The molecular formula is C14H18FNO. The molecule has 0 heterocycles. The second kappa shape index (κ2) is 5.30. The normalized spacial score (nSPS) is 22.2. The quantitative estimate of drug-likeness (QED) is 0.835. The van der Waals surface area contributed by atoms with Gasteiger partial charge < -0.3 is 5.32 Å². The van der Waals surface area contributed by atoms with Gasteiger partial charge in [0.2, 0.25) is 5.91 Å². The van der Waals surface area contributed by atoms with Crippen molar-refractivity contribution in [2.75, 3.05) is 0 Å². The molecule has 0 spiro atoms. The lowest BCUT2D eigenvalue weighted by Crippen LogP contribution is -2.26. The maximum absolute atomic E-state index is 13.0. The van der Waals surface area contributed by atoms with E-state index in [1.165, 1.54) is 6.07 Å². The van der Waals surface area contributed by atoms with Gasteiger partial charge in [-0.1, -0.05) is 25.5 Å². The summed E-state index contributed by atoms with van der Waals surface area (Å²) in [6.07, 6.45) is 3.50. The highest BCUT2D eigenvalue weighted by atomic mass is 19.1. The summed E-state index contributed by atoms with van der Waals surface area (Å²) in [4.78, 5) is 11.5. The summed E-state index contributed by atoms with van der Waals surface area (Å²) < 4.78 is 13.0. The molecule has 1 aromatic carbocycles. The van der Waals surface area contributed by atoms with Crippen LogP contribution in [0.4, 0.5) is 4.39 Å². The van der Waals surface area contributed by atoms with Crippen LogP contribution in [0.1, 0.15) is 44.1 Å². The Bertz CT molecular complexity index is 405. The molecule has 1 aliphatic rings. The number of nitrogens with one attached hydrogen (secondary N) is 1.